The van der Waals surface area contributed by atoms with Gasteiger partial charge >= 0.3 is 0 Å². The molecule has 0 aliphatic rings. The van der Waals surface area contributed by atoms with Gasteiger partial charge in [0.15, 0.2) is 5.43 Å². The third kappa shape index (κ3) is 5.12. The third-order valence-corrected chi connectivity index (χ3v) is 4.96. The van der Waals surface area contributed by atoms with Crippen molar-refractivity contribution < 1.29 is 14.3 Å². The maximum atomic E-state index is 12.5. The Balaban J connectivity index is 1.72. The second-order valence-electron chi connectivity index (χ2n) is 7.40. The number of fused-ring (bicyclic) bond motifs is 1. The molecule has 1 aromatic heterocycles. The lowest BCUT2D eigenvalue weighted by Crippen LogP contribution is -2.24. The van der Waals surface area contributed by atoms with Crippen molar-refractivity contribution in [3.05, 3.63) is 69.4 Å². The van der Waals surface area contributed by atoms with Gasteiger partial charge < -0.3 is 14.8 Å². The molecule has 0 radical (unpaired) electrons. The van der Waals surface area contributed by atoms with E-state index in [9.17, 15) is 9.59 Å². The van der Waals surface area contributed by atoms with Crippen molar-refractivity contribution in [2.75, 3.05) is 13.2 Å². The second-order valence-corrected chi connectivity index (χ2v) is 7.40. The Morgan fingerprint density at radius 1 is 1.00 bits per heavy atom. The number of hydrogen-bond donors (Lipinski definition) is 2. The molecule has 1 heterocycles. The van der Waals surface area contributed by atoms with Gasteiger partial charge in [0, 0.05) is 30.3 Å². The van der Waals surface area contributed by atoms with Gasteiger partial charge in [-0.1, -0.05) is 31.0 Å². The lowest BCUT2D eigenvalue weighted by molar-refractivity contribution is 0.0953. The Labute approximate surface area is 170 Å². The number of aliphatic hydroxyl groups excluding tert-OH is 1. The third-order valence-electron chi connectivity index (χ3n) is 4.96. The van der Waals surface area contributed by atoms with E-state index in [2.05, 4.69) is 5.32 Å². The summed E-state index contributed by atoms with van der Waals surface area (Å²) < 4.78 is 6.01. The molecule has 0 atom stereocenters. The van der Waals surface area contributed by atoms with Gasteiger partial charge in [-0.2, -0.15) is 0 Å². The number of nitrogens with one attached hydrogen (secondary N) is 1. The molecule has 2 aromatic carbocycles. The minimum atomic E-state index is -0.120. The molecule has 2 N–H and O–H groups in total. The Morgan fingerprint density at radius 3 is 2.45 bits per heavy atom. The van der Waals surface area contributed by atoms with Crippen molar-refractivity contribution in [3.8, 4) is 11.3 Å². The highest BCUT2D eigenvalue weighted by Gasteiger charge is 2.11. The summed E-state index contributed by atoms with van der Waals surface area (Å²) in [5.74, 6) is 0.371. The lowest BCUT2D eigenvalue weighted by Gasteiger charge is -2.08. The maximum absolute atomic E-state index is 12.5. The fourth-order valence-electron chi connectivity index (χ4n) is 3.43. The number of aliphatic hydroxyl groups is 1. The normalized spacial score (nSPS) is 11.0. The van der Waals surface area contributed by atoms with Crippen LogP contribution in [0.4, 0.5) is 0 Å². The van der Waals surface area contributed by atoms with Crippen molar-refractivity contribution in [1.29, 1.82) is 0 Å². The lowest BCUT2D eigenvalue weighted by atomic mass is 10.1. The molecule has 0 aliphatic heterocycles. The average molecular weight is 393 g/mol. The summed E-state index contributed by atoms with van der Waals surface area (Å²) in [6.07, 6.45) is 3.65. The van der Waals surface area contributed by atoms with Gasteiger partial charge in [-0.15, -0.1) is 0 Å². The van der Waals surface area contributed by atoms with E-state index in [4.69, 9.17) is 9.52 Å². The fourth-order valence-corrected chi connectivity index (χ4v) is 3.43. The molecule has 152 valence electrons. The van der Waals surface area contributed by atoms with E-state index in [1.807, 2.05) is 26.0 Å². The fraction of sp³-hybridized carbons (Fsp3) is 0.333. The molecule has 0 saturated heterocycles. The van der Waals surface area contributed by atoms with Gasteiger partial charge in [0.2, 0.25) is 0 Å². The Morgan fingerprint density at radius 2 is 1.72 bits per heavy atom. The Hall–Kier alpha value is -2.92. The van der Waals surface area contributed by atoms with Crippen LogP contribution in [-0.4, -0.2) is 24.2 Å². The van der Waals surface area contributed by atoms with E-state index >= 15 is 0 Å². The van der Waals surface area contributed by atoms with E-state index in [1.54, 1.807) is 24.3 Å². The van der Waals surface area contributed by atoms with Crippen molar-refractivity contribution in [2.45, 2.75) is 39.5 Å². The first-order chi connectivity index (χ1) is 14.0. The molecule has 0 unspecified atom stereocenters. The maximum Gasteiger partial charge on any atom is 0.251 e. The summed E-state index contributed by atoms with van der Waals surface area (Å²) in [4.78, 5) is 24.8. The largest absolute Gasteiger partial charge is 0.456 e. The topological polar surface area (TPSA) is 79.5 Å². The zero-order valence-electron chi connectivity index (χ0n) is 17.0. The van der Waals surface area contributed by atoms with Gasteiger partial charge in [0.25, 0.3) is 5.91 Å². The SMILES string of the molecule is Cc1cc(C)c2oc(-c3ccc(C(=O)NCCCCCCO)cc3)cc(=O)c2c1. The van der Waals surface area contributed by atoms with Gasteiger partial charge in [-0.25, -0.2) is 0 Å². The van der Waals surface area contributed by atoms with Gasteiger partial charge in [0.1, 0.15) is 11.3 Å². The molecule has 0 bridgehead atoms. The molecule has 3 rings (SSSR count). The molecular weight excluding hydrogens is 366 g/mol. The molecule has 3 aromatic rings. The molecule has 0 fully saturated rings. The van der Waals surface area contributed by atoms with Crippen LogP contribution in [0, 0.1) is 13.8 Å². The second kappa shape index (κ2) is 9.52. The number of carbonyl (C=O) groups is 1. The first-order valence-corrected chi connectivity index (χ1v) is 10.0. The zero-order valence-corrected chi connectivity index (χ0v) is 17.0. The van der Waals surface area contributed by atoms with E-state index in [1.165, 1.54) is 6.07 Å². The van der Waals surface area contributed by atoms with E-state index < -0.39 is 0 Å². The first-order valence-electron chi connectivity index (χ1n) is 10.0. The molecule has 0 saturated carbocycles. The van der Waals surface area contributed by atoms with Crippen LogP contribution in [0.15, 0.2) is 51.7 Å². The highest BCUT2D eigenvalue weighted by molar-refractivity contribution is 5.94. The number of aryl methyl sites for hydroxylation is 2. The summed E-state index contributed by atoms with van der Waals surface area (Å²) in [7, 11) is 0. The molecule has 1 amide bonds. The van der Waals surface area contributed by atoms with Crippen LogP contribution in [0.3, 0.4) is 0 Å². The predicted molar refractivity (Wildman–Crippen MR) is 115 cm³/mol. The van der Waals surface area contributed by atoms with E-state index in [0.717, 1.165) is 42.4 Å². The van der Waals surface area contributed by atoms with Crippen LogP contribution in [0.5, 0.6) is 0 Å². The van der Waals surface area contributed by atoms with Crippen LogP contribution in [0.1, 0.15) is 47.2 Å². The number of benzene rings is 2. The van der Waals surface area contributed by atoms with Gasteiger partial charge in [0.05, 0.1) is 5.39 Å². The molecule has 0 spiro atoms. The van der Waals surface area contributed by atoms with Crippen molar-refractivity contribution >= 4 is 16.9 Å². The van der Waals surface area contributed by atoms with Gasteiger partial charge in [-0.3, -0.25) is 9.59 Å². The van der Waals surface area contributed by atoms with Crippen molar-refractivity contribution in [2.24, 2.45) is 0 Å². The van der Waals surface area contributed by atoms with Crippen molar-refractivity contribution in [1.82, 2.24) is 5.32 Å². The summed E-state index contributed by atoms with van der Waals surface area (Å²) >= 11 is 0. The van der Waals surface area contributed by atoms with Crippen LogP contribution >= 0.6 is 0 Å². The minimum Gasteiger partial charge on any atom is -0.456 e. The highest BCUT2D eigenvalue weighted by Crippen LogP contribution is 2.25. The molecule has 5 heteroatoms. The number of carbonyl (C=O) groups excluding carboxylic acids is 1. The van der Waals surface area contributed by atoms with Crippen LogP contribution in [-0.2, 0) is 0 Å². The minimum absolute atomic E-state index is 0.0731. The Bertz CT molecular complexity index is 1050. The van der Waals surface area contributed by atoms with Crippen LogP contribution in [0.25, 0.3) is 22.3 Å². The summed E-state index contributed by atoms with van der Waals surface area (Å²) in [6.45, 7) is 4.72. The predicted octanol–water partition coefficient (Wildman–Crippen LogP) is 4.36. The molecule has 5 nitrogen and oxygen atoms in total. The van der Waals surface area contributed by atoms with Gasteiger partial charge in [-0.05, 0) is 56.0 Å². The van der Waals surface area contributed by atoms with Crippen molar-refractivity contribution in [3.63, 3.8) is 0 Å². The summed E-state index contributed by atoms with van der Waals surface area (Å²) in [6, 6.07) is 12.4. The van der Waals surface area contributed by atoms with Crippen LogP contribution < -0.4 is 10.7 Å². The number of amides is 1. The smallest absolute Gasteiger partial charge is 0.251 e. The first kappa shape index (κ1) is 20.8. The average Bonchev–Trinajstić information content (AvgIpc) is 2.71. The quantitative estimate of drug-likeness (QED) is 0.557. The van der Waals surface area contributed by atoms with E-state index in [0.29, 0.717) is 28.8 Å². The number of hydrogen-bond acceptors (Lipinski definition) is 4. The van der Waals surface area contributed by atoms with E-state index in [-0.39, 0.29) is 17.9 Å². The number of rotatable bonds is 8. The summed E-state index contributed by atoms with van der Waals surface area (Å²) in [5.41, 5.74) is 3.80. The standard InChI is InChI=1S/C24H27NO4/c1-16-13-17(2)23-20(14-16)21(27)15-22(29-23)18-7-9-19(10-8-18)24(28)25-11-5-3-4-6-12-26/h7-10,13-15,26H,3-6,11-12H2,1-2H3,(H,25,28). The zero-order chi connectivity index (χ0) is 20.8. The molecule has 29 heavy (non-hydrogen) atoms. The molecular formula is C24H27NO4. The van der Waals surface area contributed by atoms with Crippen LogP contribution in [0.2, 0.25) is 0 Å². The Kier molecular flexibility index (Phi) is 6.83. The molecule has 0 aliphatic carbocycles. The number of unbranched alkanes of at least 4 members (excludes halogenated alkanes) is 3. The highest BCUT2D eigenvalue weighted by atomic mass is 16.3. The summed E-state index contributed by atoms with van der Waals surface area (Å²) in [5, 5.41) is 12.3. The monoisotopic (exact) mass is 393 g/mol.